The molecule has 30 heavy (non-hydrogen) atoms. The molecule has 2 saturated heterocycles. The predicted molar refractivity (Wildman–Crippen MR) is 107 cm³/mol. The normalized spacial score (nSPS) is 21.5. The lowest BCUT2D eigenvalue weighted by Crippen LogP contribution is -2.54. The van der Waals surface area contributed by atoms with Crippen LogP contribution in [0.1, 0.15) is 60.3 Å². The zero-order chi connectivity index (χ0) is 22.6. The van der Waals surface area contributed by atoms with Gasteiger partial charge in [0.05, 0.1) is 12.0 Å². The van der Waals surface area contributed by atoms with E-state index in [2.05, 4.69) is 5.32 Å². The summed E-state index contributed by atoms with van der Waals surface area (Å²) in [6, 6.07) is -1.56. The number of piperidine rings is 1. The molecule has 2 rings (SSSR count). The Hall–Kier alpha value is -2.32. The third kappa shape index (κ3) is 6.09. The van der Waals surface area contributed by atoms with Gasteiger partial charge in [-0.3, -0.25) is 14.5 Å². The minimum atomic E-state index is -1.30. The lowest BCUT2D eigenvalue weighted by Gasteiger charge is -2.36. The molecular weight excluding hydrogens is 390 g/mol. The summed E-state index contributed by atoms with van der Waals surface area (Å²) >= 11 is 0. The minimum absolute atomic E-state index is 0.119. The molecule has 170 valence electrons. The molecule has 0 bridgehead atoms. The average molecular weight is 425 g/mol. The van der Waals surface area contributed by atoms with Crippen LogP contribution in [0.15, 0.2) is 0 Å². The molecule has 0 aliphatic carbocycles. The maximum absolute atomic E-state index is 13.0. The molecule has 0 unspecified atom stereocenters. The summed E-state index contributed by atoms with van der Waals surface area (Å²) in [6.07, 6.45) is 1.77. The molecular formula is C21H34N3O6-. The van der Waals surface area contributed by atoms with Crippen LogP contribution in [0.5, 0.6) is 0 Å². The van der Waals surface area contributed by atoms with Crippen molar-refractivity contribution >= 4 is 23.9 Å². The molecule has 1 N–H and O–H groups in total. The van der Waals surface area contributed by atoms with Gasteiger partial charge in [-0.1, -0.05) is 13.8 Å². The van der Waals surface area contributed by atoms with Crippen LogP contribution in [0, 0.1) is 11.8 Å². The van der Waals surface area contributed by atoms with Crippen LogP contribution >= 0.6 is 0 Å². The number of rotatable bonds is 5. The van der Waals surface area contributed by atoms with Gasteiger partial charge in [0, 0.05) is 25.6 Å². The summed E-state index contributed by atoms with van der Waals surface area (Å²) in [5, 5.41) is 13.8. The smallest absolute Gasteiger partial charge is 0.410 e. The highest BCUT2D eigenvalue weighted by atomic mass is 16.6. The van der Waals surface area contributed by atoms with Gasteiger partial charge in [0.1, 0.15) is 11.6 Å². The van der Waals surface area contributed by atoms with Crippen molar-refractivity contribution in [2.45, 2.75) is 78.0 Å². The van der Waals surface area contributed by atoms with Crippen molar-refractivity contribution in [3.05, 3.63) is 0 Å². The molecule has 2 fully saturated rings. The van der Waals surface area contributed by atoms with Crippen LogP contribution in [-0.4, -0.2) is 71.0 Å². The average Bonchev–Trinajstić information content (AvgIpc) is 3.13. The van der Waals surface area contributed by atoms with Gasteiger partial charge in [0.15, 0.2) is 0 Å². The van der Waals surface area contributed by atoms with Crippen LogP contribution in [0.2, 0.25) is 0 Å². The van der Waals surface area contributed by atoms with Crippen molar-refractivity contribution < 1.29 is 29.0 Å². The van der Waals surface area contributed by atoms with Gasteiger partial charge >= 0.3 is 6.09 Å². The Morgan fingerprint density at radius 1 is 1.03 bits per heavy atom. The standard InChI is InChI=1S/C21H35N3O6/c1-13(2)16(19(27)28)22-17(25)14-8-11-23(12-9-14)18(26)15-7-6-10-24(15)20(29)30-21(3,4)5/h13-16H,6-12H2,1-5H3,(H,22,25)(H,27,28)/p-1/t15-,16-/m0/s1. The second-order valence-electron chi connectivity index (χ2n) is 9.48. The maximum Gasteiger partial charge on any atom is 0.410 e. The van der Waals surface area contributed by atoms with E-state index in [9.17, 15) is 24.3 Å². The quantitative estimate of drug-likeness (QED) is 0.687. The predicted octanol–water partition coefficient (Wildman–Crippen LogP) is 0.515. The van der Waals surface area contributed by atoms with E-state index in [1.54, 1.807) is 39.5 Å². The van der Waals surface area contributed by atoms with Gasteiger partial charge in [0.25, 0.3) is 0 Å². The van der Waals surface area contributed by atoms with Gasteiger partial charge in [-0.15, -0.1) is 0 Å². The Kier molecular flexibility index (Phi) is 7.71. The summed E-state index contributed by atoms with van der Waals surface area (Å²) in [5.41, 5.74) is -0.627. The Bertz CT molecular complexity index is 664. The Balaban J connectivity index is 1.91. The fraction of sp³-hybridized carbons (Fsp3) is 0.810. The van der Waals surface area contributed by atoms with Crippen LogP contribution < -0.4 is 10.4 Å². The van der Waals surface area contributed by atoms with E-state index in [4.69, 9.17) is 4.74 Å². The Morgan fingerprint density at radius 2 is 1.63 bits per heavy atom. The van der Waals surface area contributed by atoms with Gasteiger partial charge in [-0.25, -0.2) is 4.79 Å². The number of likely N-dealkylation sites (tertiary alicyclic amines) is 2. The highest BCUT2D eigenvalue weighted by molar-refractivity contribution is 5.87. The number of amides is 3. The lowest BCUT2D eigenvalue weighted by atomic mass is 9.94. The van der Waals surface area contributed by atoms with E-state index in [0.29, 0.717) is 38.9 Å². The minimum Gasteiger partial charge on any atom is -0.548 e. The van der Waals surface area contributed by atoms with Crippen LogP contribution in [0.3, 0.4) is 0 Å². The molecule has 2 aliphatic rings. The number of carboxylic acid groups (broad SMARTS) is 1. The fourth-order valence-corrected chi connectivity index (χ4v) is 3.90. The fourth-order valence-electron chi connectivity index (χ4n) is 3.90. The zero-order valence-electron chi connectivity index (χ0n) is 18.6. The third-order valence-electron chi connectivity index (χ3n) is 5.56. The number of carbonyl (C=O) groups is 4. The molecule has 0 aromatic heterocycles. The van der Waals surface area contributed by atoms with Crippen molar-refractivity contribution in [3.63, 3.8) is 0 Å². The first-order valence-electron chi connectivity index (χ1n) is 10.7. The number of ether oxygens (including phenoxy) is 1. The molecule has 0 radical (unpaired) electrons. The van der Waals surface area contributed by atoms with Crippen LogP contribution in [0.4, 0.5) is 4.79 Å². The maximum atomic E-state index is 13.0. The number of aliphatic carboxylic acids is 1. The summed E-state index contributed by atoms with van der Waals surface area (Å²) in [5.74, 6) is -2.36. The molecule has 2 heterocycles. The topological polar surface area (TPSA) is 119 Å². The molecule has 0 spiro atoms. The lowest BCUT2D eigenvalue weighted by molar-refractivity contribution is -0.309. The van der Waals surface area contributed by atoms with Crippen molar-refractivity contribution in [1.29, 1.82) is 0 Å². The number of hydrogen-bond acceptors (Lipinski definition) is 6. The zero-order valence-corrected chi connectivity index (χ0v) is 18.6. The van der Waals surface area contributed by atoms with E-state index in [1.165, 1.54) is 4.90 Å². The number of carboxylic acids is 1. The van der Waals surface area contributed by atoms with Crippen LogP contribution in [0.25, 0.3) is 0 Å². The van der Waals surface area contributed by atoms with Gasteiger partial charge in [-0.05, 0) is 52.4 Å². The molecule has 3 amide bonds. The molecule has 2 atom stereocenters. The second kappa shape index (κ2) is 9.66. The molecule has 0 aromatic carbocycles. The van der Waals surface area contributed by atoms with E-state index in [0.717, 1.165) is 6.42 Å². The number of hydrogen-bond donors (Lipinski definition) is 1. The van der Waals surface area contributed by atoms with E-state index in [-0.39, 0.29) is 23.7 Å². The molecule has 0 saturated carbocycles. The van der Waals surface area contributed by atoms with E-state index in [1.807, 2.05) is 0 Å². The van der Waals surface area contributed by atoms with Gasteiger partial charge < -0.3 is 24.9 Å². The highest BCUT2D eigenvalue weighted by Gasteiger charge is 2.40. The molecule has 9 heteroatoms. The first-order valence-corrected chi connectivity index (χ1v) is 10.7. The molecule has 9 nitrogen and oxygen atoms in total. The van der Waals surface area contributed by atoms with Crippen molar-refractivity contribution in [2.24, 2.45) is 11.8 Å². The highest BCUT2D eigenvalue weighted by Crippen LogP contribution is 2.25. The summed E-state index contributed by atoms with van der Waals surface area (Å²) in [4.78, 5) is 52.3. The SMILES string of the molecule is CC(C)[C@H](NC(=O)C1CCN(C(=O)[C@@H]2CCCN2C(=O)OC(C)(C)C)CC1)C(=O)[O-]. The first kappa shape index (κ1) is 24.0. The monoisotopic (exact) mass is 424 g/mol. The molecule has 2 aliphatic heterocycles. The van der Waals surface area contributed by atoms with E-state index >= 15 is 0 Å². The summed E-state index contributed by atoms with van der Waals surface area (Å²) in [7, 11) is 0. The van der Waals surface area contributed by atoms with Crippen molar-refractivity contribution in [1.82, 2.24) is 15.1 Å². The summed E-state index contributed by atoms with van der Waals surface area (Å²) < 4.78 is 5.42. The molecule has 0 aromatic rings. The van der Waals surface area contributed by atoms with E-state index < -0.39 is 29.7 Å². The van der Waals surface area contributed by atoms with Crippen molar-refractivity contribution in [2.75, 3.05) is 19.6 Å². The first-order chi connectivity index (χ1) is 13.9. The Morgan fingerprint density at radius 3 is 2.13 bits per heavy atom. The largest absolute Gasteiger partial charge is 0.548 e. The summed E-state index contributed by atoms with van der Waals surface area (Å²) in [6.45, 7) is 10.1. The number of nitrogens with zero attached hydrogens (tertiary/aromatic N) is 2. The van der Waals surface area contributed by atoms with Crippen molar-refractivity contribution in [3.8, 4) is 0 Å². The van der Waals surface area contributed by atoms with Gasteiger partial charge in [-0.2, -0.15) is 0 Å². The Labute approximate surface area is 178 Å². The number of nitrogens with one attached hydrogen (secondary N) is 1. The van der Waals surface area contributed by atoms with Crippen LogP contribution in [-0.2, 0) is 19.1 Å². The third-order valence-corrected chi connectivity index (χ3v) is 5.56. The van der Waals surface area contributed by atoms with Gasteiger partial charge in [0.2, 0.25) is 11.8 Å². The second-order valence-corrected chi connectivity index (χ2v) is 9.48. The number of carbonyl (C=O) groups excluding carboxylic acids is 4.